The van der Waals surface area contributed by atoms with Crippen molar-refractivity contribution in [2.45, 2.75) is 45.6 Å². The molecule has 0 spiro atoms. The molecule has 1 N–H and O–H groups in total. The largest absolute Gasteiger partial charge is 0.444 e. The quantitative estimate of drug-likeness (QED) is 0.796. The van der Waals surface area contributed by atoms with Crippen LogP contribution in [-0.2, 0) is 17.6 Å². The van der Waals surface area contributed by atoms with E-state index in [2.05, 4.69) is 15.3 Å². The average Bonchev–Trinajstić information content (AvgIpc) is 2.61. The SMILES string of the molecule is CC(C)(C)OC(=O)Nc1nc(Cl)nc2c1CCC2. The maximum Gasteiger partial charge on any atom is 0.413 e. The predicted molar refractivity (Wildman–Crippen MR) is 68.9 cm³/mol. The number of ether oxygens (including phenoxy) is 1. The van der Waals surface area contributed by atoms with Crippen LogP contribution >= 0.6 is 11.6 Å². The average molecular weight is 270 g/mol. The van der Waals surface area contributed by atoms with E-state index in [1.165, 1.54) is 0 Å². The molecule has 98 valence electrons. The van der Waals surface area contributed by atoms with Gasteiger partial charge in [-0.1, -0.05) is 0 Å². The van der Waals surface area contributed by atoms with Crippen LogP contribution < -0.4 is 5.32 Å². The van der Waals surface area contributed by atoms with Gasteiger partial charge in [0.2, 0.25) is 5.28 Å². The molecule has 2 rings (SSSR count). The van der Waals surface area contributed by atoms with E-state index in [1.54, 1.807) is 0 Å². The number of nitrogens with zero attached hydrogens (tertiary/aromatic N) is 2. The zero-order chi connectivity index (χ0) is 13.3. The maximum atomic E-state index is 11.7. The predicted octanol–water partition coefficient (Wildman–Crippen LogP) is 2.97. The molecular formula is C12H16ClN3O2. The molecule has 5 nitrogen and oxygen atoms in total. The Balaban J connectivity index is 2.17. The highest BCUT2D eigenvalue weighted by Gasteiger charge is 2.22. The fourth-order valence-electron chi connectivity index (χ4n) is 1.91. The number of aromatic nitrogens is 2. The standard InChI is InChI=1S/C12H16ClN3O2/c1-12(2,3)18-11(17)16-9-7-5-4-6-8(7)14-10(13)15-9/h4-6H2,1-3H3,(H,14,15,16,17). The number of anilines is 1. The number of carbonyl (C=O) groups excluding carboxylic acids is 1. The maximum absolute atomic E-state index is 11.7. The lowest BCUT2D eigenvalue weighted by molar-refractivity contribution is 0.0635. The van der Waals surface area contributed by atoms with Gasteiger partial charge in [-0.05, 0) is 51.6 Å². The lowest BCUT2D eigenvalue weighted by Crippen LogP contribution is -2.28. The van der Waals surface area contributed by atoms with E-state index in [1.807, 2.05) is 20.8 Å². The number of hydrogen-bond acceptors (Lipinski definition) is 4. The molecule has 0 fully saturated rings. The van der Waals surface area contributed by atoms with Crippen LogP contribution in [0.15, 0.2) is 0 Å². The van der Waals surface area contributed by atoms with E-state index in [4.69, 9.17) is 16.3 Å². The van der Waals surface area contributed by atoms with Gasteiger partial charge >= 0.3 is 6.09 Å². The third kappa shape index (κ3) is 3.10. The lowest BCUT2D eigenvalue weighted by Gasteiger charge is -2.20. The molecule has 1 aliphatic carbocycles. The molecule has 0 atom stereocenters. The number of aryl methyl sites for hydroxylation is 1. The molecule has 0 aliphatic heterocycles. The smallest absolute Gasteiger partial charge is 0.413 e. The second kappa shape index (κ2) is 4.72. The summed E-state index contributed by atoms with van der Waals surface area (Å²) in [6.07, 6.45) is 2.22. The van der Waals surface area contributed by atoms with Gasteiger partial charge < -0.3 is 4.74 Å². The van der Waals surface area contributed by atoms with Crippen LogP contribution in [0.4, 0.5) is 10.6 Å². The molecular weight excluding hydrogens is 254 g/mol. The fourth-order valence-corrected chi connectivity index (χ4v) is 2.09. The van der Waals surface area contributed by atoms with E-state index >= 15 is 0 Å². The summed E-state index contributed by atoms with van der Waals surface area (Å²) in [5.41, 5.74) is 1.34. The van der Waals surface area contributed by atoms with Gasteiger partial charge in [0.15, 0.2) is 0 Å². The summed E-state index contributed by atoms with van der Waals surface area (Å²) in [5.74, 6) is 0.469. The number of rotatable bonds is 1. The minimum Gasteiger partial charge on any atom is -0.444 e. The first kappa shape index (κ1) is 13.1. The summed E-state index contributed by atoms with van der Waals surface area (Å²) < 4.78 is 5.19. The van der Waals surface area contributed by atoms with Gasteiger partial charge in [0, 0.05) is 5.56 Å². The van der Waals surface area contributed by atoms with Crippen LogP contribution in [0.5, 0.6) is 0 Å². The number of nitrogens with one attached hydrogen (secondary N) is 1. The Morgan fingerprint density at radius 1 is 1.33 bits per heavy atom. The molecule has 0 radical (unpaired) electrons. The van der Waals surface area contributed by atoms with Crippen LogP contribution in [0.1, 0.15) is 38.4 Å². The zero-order valence-electron chi connectivity index (χ0n) is 10.7. The van der Waals surface area contributed by atoms with Gasteiger partial charge in [0.05, 0.1) is 5.69 Å². The van der Waals surface area contributed by atoms with Crippen molar-refractivity contribution in [3.8, 4) is 0 Å². The molecule has 1 amide bonds. The van der Waals surface area contributed by atoms with E-state index in [0.717, 1.165) is 30.5 Å². The molecule has 1 heterocycles. The highest BCUT2D eigenvalue weighted by atomic mass is 35.5. The molecule has 1 aromatic heterocycles. The Labute approximate surface area is 111 Å². The van der Waals surface area contributed by atoms with Gasteiger partial charge in [-0.25, -0.2) is 9.78 Å². The highest BCUT2D eigenvalue weighted by molar-refractivity contribution is 6.28. The Bertz CT molecular complexity index is 483. The first-order valence-electron chi connectivity index (χ1n) is 5.90. The van der Waals surface area contributed by atoms with Gasteiger partial charge in [0.1, 0.15) is 11.4 Å². The Kier molecular flexibility index (Phi) is 3.43. The van der Waals surface area contributed by atoms with E-state index in [-0.39, 0.29) is 5.28 Å². The number of fused-ring (bicyclic) bond motifs is 1. The normalized spacial score (nSPS) is 14.2. The first-order valence-corrected chi connectivity index (χ1v) is 6.28. The Morgan fingerprint density at radius 3 is 2.72 bits per heavy atom. The van der Waals surface area contributed by atoms with Gasteiger partial charge in [-0.3, -0.25) is 5.32 Å². The summed E-state index contributed by atoms with van der Waals surface area (Å²) in [6.45, 7) is 5.43. The van der Waals surface area contributed by atoms with Crippen molar-refractivity contribution in [2.24, 2.45) is 0 Å². The summed E-state index contributed by atoms with van der Waals surface area (Å²) in [6, 6.07) is 0. The summed E-state index contributed by atoms with van der Waals surface area (Å²) >= 11 is 5.83. The van der Waals surface area contributed by atoms with Crippen LogP contribution in [0, 0.1) is 0 Å². The summed E-state index contributed by atoms with van der Waals surface area (Å²) in [7, 11) is 0. The van der Waals surface area contributed by atoms with Crippen molar-refractivity contribution in [1.29, 1.82) is 0 Å². The topological polar surface area (TPSA) is 64.1 Å². The van der Waals surface area contributed by atoms with Crippen molar-refractivity contribution in [3.05, 3.63) is 16.5 Å². The van der Waals surface area contributed by atoms with Crippen molar-refractivity contribution >= 4 is 23.5 Å². The zero-order valence-corrected chi connectivity index (χ0v) is 11.5. The lowest BCUT2D eigenvalue weighted by atomic mass is 10.2. The Hall–Kier alpha value is -1.36. The van der Waals surface area contributed by atoms with Crippen molar-refractivity contribution < 1.29 is 9.53 Å². The third-order valence-electron chi connectivity index (χ3n) is 2.53. The minimum absolute atomic E-state index is 0.154. The van der Waals surface area contributed by atoms with E-state index in [0.29, 0.717) is 5.82 Å². The fraction of sp³-hybridized carbons (Fsp3) is 0.583. The molecule has 1 aliphatic rings. The van der Waals surface area contributed by atoms with Crippen LogP contribution in [0.25, 0.3) is 0 Å². The molecule has 0 aromatic carbocycles. The number of halogens is 1. The Morgan fingerprint density at radius 2 is 2.06 bits per heavy atom. The van der Waals surface area contributed by atoms with Gasteiger partial charge in [-0.2, -0.15) is 4.98 Å². The molecule has 6 heteroatoms. The molecule has 0 bridgehead atoms. The molecule has 0 saturated carbocycles. The van der Waals surface area contributed by atoms with Gasteiger partial charge in [-0.15, -0.1) is 0 Å². The van der Waals surface area contributed by atoms with Crippen molar-refractivity contribution in [3.63, 3.8) is 0 Å². The van der Waals surface area contributed by atoms with Crippen LogP contribution in [-0.4, -0.2) is 21.7 Å². The second-order valence-corrected chi connectivity index (χ2v) is 5.58. The summed E-state index contributed by atoms with van der Waals surface area (Å²) in [5, 5.41) is 2.80. The van der Waals surface area contributed by atoms with Crippen LogP contribution in [0.2, 0.25) is 5.28 Å². The first-order chi connectivity index (χ1) is 8.35. The van der Waals surface area contributed by atoms with Crippen LogP contribution in [0.3, 0.4) is 0 Å². The van der Waals surface area contributed by atoms with Crippen molar-refractivity contribution in [1.82, 2.24) is 9.97 Å². The van der Waals surface area contributed by atoms with Gasteiger partial charge in [0.25, 0.3) is 0 Å². The summed E-state index contributed by atoms with van der Waals surface area (Å²) in [4.78, 5) is 19.9. The third-order valence-corrected chi connectivity index (χ3v) is 2.69. The number of carbonyl (C=O) groups is 1. The molecule has 0 unspecified atom stereocenters. The minimum atomic E-state index is -0.538. The molecule has 1 aromatic rings. The monoisotopic (exact) mass is 269 g/mol. The van der Waals surface area contributed by atoms with Crippen molar-refractivity contribution in [2.75, 3.05) is 5.32 Å². The number of amides is 1. The molecule has 18 heavy (non-hydrogen) atoms. The van der Waals surface area contributed by atoms with E-state index < -0.39 is 11.7 Å². The highest BCUT2D eigenvalue weighted by Crippen LogP contribution is 2.27. The number of hydrogen-bond donors (Lipinski definition) is 1. The molecule has 0 saturated heterocycles. The second-order valence-electron chi connectivity index (χ2n) is 5.25. The van der Waals surface area contributed by atoms with E-state index in [9.17, 15) is 4.79 Å².